The van der Waals surface area contributed by atoms with Gasteiger partial charge >= 0.3 is 11.8 Å². The molecule has 8 heteroatoms. The molecule has 0 radical (unpaired) electrons. The van der Waals surface area contributed by atoms with Gasteiger partial charge in [0.2, 0.25) is 6.79 Å². The normalized spacial score (nSPS) is 11.8. The molecule has 100 valence electrons. The van der Waals surface area contributed by atoms with Crippen molar-refractivity contribution >= 4 is 34.7 Å². The van der Waals surface area contributed by atoms with Crippen LogP contribution in [0.2, 0.25) is 0 Å². The number of carbonyl (C=O) groups excluding carboxylic acids is 2. The molecule has 1 aliphatic rings. The third-order valence-corrected chi connectivity index (χ3v) is 2.40. The fourth-order valence-electron chi connectivity index (χ4n) is 1.41. The van der Waals surface area contributed by atoms with E-state index in [1.54, 1.807) is 18.2 Å². The number of hydrogen-bond acceptors (Lipinski definition) is 5. The van der Waals surface area contributed by atoms with E-state index in [1.807, 2.05) is 0 Å². The van der Waals surface area contributed by atoms with Crippen LogP contribution in [0.15, 0.2) is 18.2 Å². The van der Waals surface area contributed by atoms with Crippen molar-refractivity contribution in [3.8, 4) is 11.5 Å². The van der Waals surface area contributed by atoms with E-state index in [2.05, 4.69) is 22.9 Å². The van der Waals surface area contributed by atoms with E-state index in [0.29, 0.717) is 17.2 Å². The van der Waals surface area contributed by atoms with Gasteiger partial charge < -0.3 is 25.8 Å². The highest BCUT2D eigenvalue weighted by atomic mass is 32.1. The van der Waals surface area contributed by atoms with Gasteiger partial charge in [-0.15, -0.1) is 0 Å². The summed E-state index contributed by atoms with van der Waals surface area (Å²) < 4.78 is 10.3. The summed E-state index contributed by atoms with van der Waals surface area (Å²) in [7, 11) is 0. The molecule has 1 aliphatic heterocycles. The van der Waals surface area contributed by atoms with Gasteiger partial charge in [-0.3, -0.25) is 9.59 Å². The molecule has 0 atom stereocenters. The molecule has 19 heavy (non-hydrogen) atoms. The van der Waals surface area contributed by atoms with Crippen LogP contribution in [0.25, 0.3) is 0 Å². The maximum atomic E-state index is 11.5. The number of amides is 2. The lowest BCUT2D eigenvalue weighted by molar-refractivity contribution is -0.135. The van der Waals surface area contributed by atoms with E-state index < -0.39 is 11.8 Å². The quantitative estimate of drug-likeness (QED) is 0.522. The molecule has 0 saturated heterocycles. The van der Waals surface area contributed by atoms with Gasteiger partial charge in [0.25, 0.3) is 0 Å². The third kappa shape index (κ3) is 3.32. The lowest BCUT2D eigenvalue weighted by Crippen LogP contribution is -2.39. The van der Waals surface area contributed by atoms with Crippen molar-refractivity contribution in [3.05, 3.63) is 18.2 Å². The minimum Gasteiger partial charge on any atom is -0.454 e. The maximum Gasteiger partial charge on any atom is 0.313 e. The summed E-state index contributed by atoms with van der Waals surface area (Å²) in [6.07, 6.45) is 0. The minimum atomic E-state index is -0.814. The van der Waals surface area contributed by atoms with Gasteiger partial charge in [-0.25, -0.2) is 0 Å². The fraction of sp³-hybridized carbons (Fsp3) is 0.182. The first-order valence-corrected chi connectivity index (χ1v) is 5.74. The van der Waals surface area contributed by atoms with Gasteiger partial charge in [-0.2, -0.15) is 0 Å². The van der Waals surface area contributed by atoms with E-state index in [4.69, 9.17) is 15.2 Å². The summed E-state index contributed by atoms with van der Waals surface area (Å²) >= 11 is 4.59. The largest absolute Gasteiger partial charge is 0.454 e. The van der Waals surface area contributed by atoms with Gasteiger partial charge in [-0.05, 0) is 12.1 Å². The van der Waals surface area contributed by atoms with Gasteiger partial charge in [0.1, 0.15) is 0 Å². The highest BCUT2D eigenvalue weighted by Crippen LogP contribution is 2.34. The molecular weight excluding hydrogens is 270 g/mol. The number of fused-ring (bicyclic) bond motifs is 1. The Morgan fingerprint density at radius 3 is 2.74 bits per heavy atom. The third-order valence-electron chi connectivity index (χ3n) is 2.26. The average molecular weight is 281 g/mol. The molecule has 1 heterocycles. The van der Waals surface area contributed by atoms with Crippen LogP contribution in [-0.2, 0) is 9.59 Å². The van der Waals surface area contributed by atoms with Crippen LogP contribution < -0.4 is 25.8 Å². The van der Waals surface area contributed by atoms with Crippen LogP contribution in [0, 0.1) is 0 Å². The zero-order valence-corrected chi connectivity index (χ0v) is 10.6. The van der Waals surface area contributed by atoms with Crippen LogP contribution in [0.3, 0.4) is 0 Å². The number of carbonyl (C=O) groups is 2. The second-order valence-corrected chi connectivity index (χ2v) is 4.20. The smallest absolute Gasteiger partial charge is 0.313 e. The van der Waals surface area contributed by atoms with Crippen LogP contribution in [0.4, 0.5) is 5.69 Å². The molecule has 0 saturated carbocycles. The number of nitrogens with two attached hydrogens (primary N) is 1. The minimum absolute atomic E-state index is 0.0251. The van der Waals surface area contributed by atoms with Gasteiger partial charge in [0.05, 0.1) is 11.5 Å². The summed E-state index contributed by atoms with van der Waals surface area (Å²) in [5.74, 6) is -0.516. The van der Waals surface area contributed by atoms with Crippen molar-refractivity contribution in [3.63, 3.8) is 0 Å². The van der Waals surface area contributed by atoms with E-state index in [-0.39, 0.29) is 18.3 Å². The zero-order chi connectivity index (χ0) is 13.8. The van der Waals surface area contributed by atoms with Crippen molar-refractivity contribution in [2.45, 2.75) is 0 Å². The Labute approximate surface area is 114 Å². The fourth-order valence-corrected chi connectivity index (χ4v) is 1.48. The van der Waals surface area contributed by atoms with Crippen LogP contribution >= 0.6 is 12.2 Å². The van der Waals surface area contributed by atoms with Crippen LogP contribution in [-0.4, -0.2) is 30.1 Å². The number of ether oxygens (including phenoxy) is 2. The van der Waals surface area contributed by atoms with Crippen molar-refractivity contribution in [1.29, 1.82) is 0 Å². The summed E-state index contributed by atoms with van der Waals surface area (Å²) in [6.45, 7) is 0.115. The van der Waals surface area contributed by atoms with E-state index >= 15 is 0 Å². The molecule has 2 rings (SSSR count). The van der Waals surface area contributed by atoms with E-state index in [0.717, 1.165) is 0 Å². The van der Waals surface area contributed by atoms with Crippen molar-refractivity contribution in [1.82, 2.24) is 5.32 Å². The van der Waals surface area contributed by atoms with E-state index in [1.165, 1.54) is 0 Å². The summed E-state index contributed by atoms with van der Waals surface area (Å²) in [6, 6.07) is 4.82. The predicted octanol–water partition coefficient (Wildman–Crippen LogP) is -0.244. The molecule has 2 amide bonds. The number of thiocarbonyl (C=S) groups is 1. The number of nitrogens with one attached hydrogen (secondary N) is 2. The maximum absolute atomic E-state index is 11.5. The first-order valence-electron chi connectivity index (χ1n) is 5.33. The number of anilines is 1. The Balaban J connectivity index is 1.95. The first kappa shape index (κ1) is 13.1. The van der Waals surface area contributed by atoms with Crippen LogP contribution in [0.1, 0.15) is 0 Å². The van der Waals surface area contributed by atoms with Gasteiger partial charge in [-0.1, -0.05) is 12.2 Å². The Kier molecular flexibility index (Phi) is 3.81. The molecule has 1 aromatic carbocycles. The molecule has 0 spiro atoms. The number of benzene rings is 1. The Hall–Kier alpha value is -2.35. The summed E-state index contributed by atoms with van der Waals surface area (Å²) in [5, 5.41) is 4.71. The van der Waals surface area contributed by atoms with E-state index in [9.17, 15) is 9.59 Å². The topological polar surface area (TPSA) is 103 Å². The summed E-state index contributed by atoms with van der Waals surface area (Å²) in [5.41, 5.74) is 5.64. The van der Waals surface area contributed by atoms with Crippen LogP contribution in [0.5, 0.6) is 11.5 Å². The van der Waals surface area contributed by atoms with Crippen molar-refractivity contribution in [2.75, 3.05) is 18.7 Å². The molecule has 0 unspecified atom stereocenters. The Morgan fingerprint density at radius 2 is 2.00 bits per heavy atom. The SMILES string of the molecule is NC(=S)CNC(=O)C(=O)Nc1ccc2c(c1)OCO2. The molecule has 0 aliphatic carbocycles. The second-order valence-electron chi connectivity index (χ2n) is 3.67. The van der Waals surface area contributed by atoms with Crippen molar-refractivity contribution < 1.29 is 19.1 Å². The monoisotopic (exact) mass is 281 g/mol. The summed E-state index contributed by atoms with van der Waals surface area (Å²) in [4.78, 5) is 23.0. The average Bonchev–Trinajstić information content (AvgIpc) is 2.83. The Morgan fingerprint density at radius 1 is 1.26 bits per heavy atom. The zero-order valence-electron chi connectivity index (χ0n) is 9.76. The highest BCUT2D eigenvalue weighted by molar-refractivity contribution is 7.80. The van der Waals surface area contributed by atoms with Gasteiger partial charge in [0.15, 0.2) is 11.5 Å². The number of rotatable bonds is 3. The number of hydrogen-bond donors (Lipinski definition) is 3. The molecule has 7 nitrogen and oxygen atoms in total. The van der Waals surface area contributed by atoms with Gasteiger partial charge in [0, 0.05) is 11.8 Å². The lowest BCUT2D eigenvalue weighted by Gasteiger charge is -2.06. The van der Waals surface area contributed by atoms with Crippen molar-refractivity contribution in [2.24, 2.45) is 5.73 Å². The molecule has 4 N–H and O–H groups in total. The molecule has 0 fully saturated rings. The molecule has 0 aromatic heterocycles. The predicted molar refractivity (Wildman–Crippen MR) is 71.0 cm³/mol. The second kappa shape index (κ2) is 5.53. The Bertz CT molecular complexity index is 547. The molecular formula is C11H11N3O4S. The lowest BCUT2D eigenvalue weighted by atomic mass is 10.2. The molecule has 0 bridgehead atoms. The highest BCUT2D eigenvalue weighted by Gasteiger charge is 2.17. The first-order chi connectivity index (χ1) is 9.06. The molecule has 1 aromatic rings. The standard InChI is InChI=1S/C11H11N3O4S/c12-9(19)4-13-10(15)11(16)14-6-1-2-7-8(3-6)18-5-17-7/h1-3H,4-5H2,(H2,12,19)(H,13,15)(H,14,16).